The highest BCUT2D eigenvalue weighted by atomic mass is 16.3. The summed E-state index contributed by atoms with van der Waals surface area (Å²) in [4.78, 5) is 15.2. The average Bonchev–Trinajstić information content (AvgIpc) is 2.88. The Labute approximate surface area is 119 Å². The number of H-pyrrole nitrogens is 1. The summed E-state index contributed by atoms with van der Waals surface area (Å²) in [6.07, 6.45) is 3.80. The van der Waals surface area contributed by atoms with Gasteiger partial charge in [-0.1, -0.05) is 25.1 Å². The fourth-order valence-electron chi connectivity index (χ4n) is 2.23. The minimum Gasteiger partial charge on any atom is -0.394 e. The van der Waals surface area contributed by atoms with Crippen LogP contribution in [0.25, 0.3) is 10.9 Å². The molecule has 1 amide bonds. The summed E-state index contributed by atoms with van der Waals surface area (Å²) in [5.74, 6) is -0.0197. The third-order valence-electron chi connectivity index (χ3n) is 3.87. The van der Waals surface area contributed by atoms with Gasteiger partial charge in [0.2, 0.25) is 5.91 Å². The summed E-state index contributed by atoms with van der Waals surface area (Å²) in [5.41, 5.74) is 1.73. The van der Waals surface area contributed by atoms with Crippen LogP contribution in [0, 0.1) is 0 Å². The van der Waals surface area contributed by atoms with Crippen LogP contribution in [-0.2, 0) is 11.2 Å². The number of hydrogen-bond acceptors (Lipinski definition) is 2. The van der Waals surface area contributed by atoms with Gasteiger partial charge in [0.15, 0.2) is 0 Å². The van der Waals surface area contributed by atoms with Gasteiger partial charge in [-0.05, 0) is 31.4 Å². The Kier molecular flexibility index (Phi) is 4.45. The second kappa shape index (κ2) is 6.09. The molecule has 1 aromatic heterocycles. The molecule has 20 heavy (non-hydrogen) atoms. The first kappa shape index (κ1) is 14.6. The molecule has 0 fully saturated rings. The van der Waals surface area contributed by atoms with Crippen molar-refractivity contribution in [2.24, 2.45) is 0 Å². The normalized spacial score (nSPS) is 14.2. The molecule has 0 aliphatic heterocycles. The number of nitrogens with one attached hydrogen (secondary N) is 2. The van der Waals surface area contributed by atoms with Gasteiger partial charge in [0.05, 0.1) is 12.1 Å². The summed E-state index contributed by atoms with van der Waals surface area (Å²) in [6.45, 7) is 3.77. The van der Waals surface area contributed by atoms with Gasteiger partial charge in [-0.15, -0.1) is 0 Å². The van der Waals surface area contributed by atoms with Crippen LogP contribution in [0.1, 0.15) is 32.3 Å². The van der Waals surface area contributed by atoms with Crippen molar-refractivity contribution in [3.63, 3.8) is 0 Å². The molecule has 3 N–H and O–H groups in total. The van der Waals surface area contributed by atoms with Crippen molar-refractivity contribution in [3.8, 4) is 0 Å². The predicted octanol–water partition coefficient (Wildman–Crippen LogP) is 2.38. The number of amides is 1. The van der Waals surface area contributed by atoms with E-state index in [1.54, 1.807) is 0 Å². The summed E-state index contributed by atoms with van der Waals surface area (Å²) < 4.78 is 0. The number of para-hydroxylation sites is 1. The molecule has 2 aromatic rings. The van der Waals surface area contributed by atoms with E-state index < -0.39 is 5.54 Å². The first-order valence-corrected chi connectivity index (χ1v) is 7.05. The predicted molar refractivity (Wildman–Crippen MR) is 80.5 cm³/mol. The lowest BCUT2D eigenvalue weighted by Gasteiger charge is -2.27. The molecule has 108 valence electrons. The highest BCUT2D eigenvalue weighted by Gasteiger charge is 2.22. The summed E-state index contributed by atoms with van der Waals surface area (Å²) in [5, 5.41) is 13.4. The van der Waals surface area contributed by atoms with Gasteiger partial charge in [0, 0.05) is 23.5 Å². The number of aliphatic hydroxyl groups is 1. The number of rotatable bonds is 6. The van der Waals surface area contributed by atoms with E-state index >= 15 is 0 Å². The lowest BCUT2D eigenvalue weighted by atomic mass is 9.99. The van der Waals surface area contributed by atoms with E-state index in [0.29, 0.717) is 19.3 Å². The van der Waals surface area contributed by atoms with Crippen LogP contribution in [0.15, 0.2) is 30.5 Å². The molecule has 1 unspecified atom stereocenters. The SMILES string of the molecule is CCC(C)(CO)NC(=O)CCc1c[nH]c2ccccc12. The number of carbonyl (C=O) groups excluding carboxylic acids is 1. The Hall–Kier alpha value is -1.81. The van der Waals surface area contributed by atoms with E-state index in [2.05, 4.69) is 16.4 Å². The van der Waals surface area contributed by atoms with Gasteiger partial charge in [0.1, 0.15) is 0 Å². The highest BCUT2D eigenvalue weighted by Crippen LogP contribution is 2.19. The summed E-state index contributed by atoms with van der Waals surface area (Å²) in [6, 6.07) is 8.07. The monoisotopic (exact) mass is 274 g/mol. The Bertz CT molecular complexity index is 585. The van der Waals surface area contributed by atoms with Crippen molar-refractivity contribution < 1.29 is 9.90 Å². The fraction of sp³-hybridized carbons (Fsp3) is 0.438. The first-order chi connectivity index (χ1) is 9.58. The quantitative estimate of drug-likeness (QED) is 0.757. The maximum absolute atomic E-state index is 12.0. The van der Waals surface area contributed by atoms with Gasteiger partial charge in [-0.2, -0.15) is 0 Å². The van der Waals surface area contributed by atoms with Crippen molar-refractivity contribution in [3.05, 3.63) is 36.0 Å². The molecule has 0 bridgehead atoms. The molecule has 1 atom stereocenters. The van der Waals surface area contributed by atoms with Gasteiger partial charge in [-0.25, -0.2) is 0 Å². The van der Waals surface area contributed by atoms with Gasteiger partial charge in [0.25, 0.3) is 0 Å². The number of aromatic amines is 1. The molecule has 0 saturated heterocycles. The maximum Gasteiger partial charge on any atom is 0.220 e. The standard InChI is InChI=1S/C16H22N2O2/c1-3-16(2,11-19)18-15(20)9-8-12-10-17-14-7-5-4-6-13(12)14/h4-7,10,17,19H,3,8-9,11H2,1-2H3,(H,18,20). The van der Waals surface area contributed by atoms with Gasteiger partial charge in [-0.3, -0.25) is 4.79 Å². The number of fused-ring (bicyclic) bond motifs is 1. The number of benzene rings is 1. The van der Waals surface area contributed by atoms with E-state index in [4.69, 9.17) is 0 Å². The van der Waals surface area contributed by atoms with Crippen molar-refractivity contribution in [2.45, 2.75) is 38.6 Å². The van der Waals surface area contributed by atoms with Crippen LogP contribution in [-0.4, -0.2) is 28.1 Å². The molecule has 4 heteroatoms. The molecule has 2 rings (SSSR count). The highest BCUT2D eigenvalue weighted by molar-refractivity contribution is 5.84. The topological polar surface area (TPSA) is 65.1 Å². The molecular weight excluding hydrogens is 252 g/mol. The van der Waals surface area contributed by atoms with Crippen LogP contribution in [0.2, 0.25) is 0 Å². The fourth-order valence-corrected chi connectivity index (χ4v) is 2.23. The third kappa shape index (κ3) is 3.20. The van der Waals surface area contributed by atoms with E-state index in [-0.39, 0.29) is 12.5 Å². The van der Waals surface area contributed by atoms with Gasteiger partial charge >= 0.3 is 0 Å². The second-order valence-corrected chi connectivity index (χ2v) is 5.48. The maximum atomic E-state index is 12.0. The van der Waals surface area contributed by atoms with E-state index in [1.807, 2.05) is 38.2 Å². The average molecular weight is 274 g/mol. The van der Waals surface area contributed by atoms with Crippen LogP contribution in [0.4, 0.5) is 0 Å². The third-order valence-corrected chi connectivity index (χ3v) is 3.87. The van der Waals surface area contributed by atoms with Crippen molar-refractivity contribution >= 4 is 16.8 Å². The molecule has 4 nitrogen and oxygen atoms in total. The van der Waals surface area contributed by atoms with Crippen LogP contribution >= 0.6 is 0 Å². The smallest absolute Gasteiger partial charge is 0.220 e. The Morgan fingerprint density at radius 1 is 1.40 bits per heavy atom. The molecule has 1 heterocycles. The van der Waals surface area contributed by atoms with Crippen molar-refractivity contribution in [1.82, 2.24) is 10.3 Å². The van der Waals surface area contributed by atoms with E-state index in [0.717, 1.165) is 11.1 Å². The lowest BCUT2D eigenvalue weighted by molar-refractivity contribution is -0.123. The van der Waals surface area contributed by atoms with Crippen LogP contribution in [0.5, 0.6) is 0 Å². The Morgan fingerprint density at radius 2 is 2.15 bits per heavy atom. The number of aliphatic hydroxyl groups excluding tert-OH is 1. The molecular formula is C16H22N2O2. The number of carbonyl (C=O) groups is 1. The molecule has 0 aliphatic carbocycles. The number of hydrogen-bond donors (Lipinski definition) is 3. The number of aryl methyl sites for hydroxylation is 1. The largest absolute Gasteiger partial charge is 0.394 e. The zero-order valence-corrected chi connectivity index (χ0v) is 12.1. The summed E-state index contributed by atoms with van der Waals surface area (Å²) in [7, 11) is 0. The minimum atomic E-state index is -0.517. The van der Waals surface area contributed by atoms with E-state index in [1.165, 1.54) is 5.39 Å². The zero-order valence-electron chi connectivity index (χ0n) is 12.1. The lowest BCUT2D eigenvalue weighted by Crippen LogP contribution is -2.48. The molecule has 0 spiro atoms. The molecule has 0 radical (unpaired) electrons. The second-order valence-electron chi connectivity index (χ2n) is 5.48. The van der Waals surface area contributed by atoms with Crippen molar-refractivity contribution in [2.75, 3.05) is 6.61 Å². The van der Waals surface area contributed by atoms with Gasteiger partial charge < -0.3 is 15.4 Å². The van der Waals surface area contributed by atoms with E-state index in [9.17, 15) is 9.90 Å². The Morgan fingerprint density at radius 3 is 2.85 bits per heavy atom. The molecule has 1 aromatic carbocycles. The van der Waals surface area contributed by atoms with Crippen LogP contribution in [0.3, 0.4) is 0 Å². The first-order valence-electron chi connectivity index (χ1n) is 7.05. The summed E-state index contributed by atoms with van der Waals surface area (Å²) >= 11 is 0. The number of aromatic nitrogens is 1. The van der Waals surface area contributed by atoms with Crippen LogP contribution < -0.4 is 5.32 Å². The Balaban J connectivity index is 1.97. The molecule has 0 saturated carbocycles. The minimum absolute atomic E-state index is 0.0197. The zero-order chi connectivity index (χ0) is 14.6. The van der Waals surface area contributed by atoms with Crippen molar-refractivity contribution in [1.29, 1.82) is 0 Å². The molecule has 0 aliphatic rings.